The van der Waals surface area contributed by atoms with Crippen LogP contribution >= 0.6 is 11.3 Å². The molecule has 0 bridgehead atoms. The van der Waals surface area contributed by atoms with Gasteiger partial charge in [-0.1, -0.05) is 13.8 Å². The molecule has 1 heterocycles. The number of hydrogen-bond acceptors (Lipinski definition) is 4. The van der Waals surface area contributed by atoms with E-state index >= 15 is 0 Å². The molecule has 20 heavy (non-hydrogen) atoms. The zero-order valence-electron chi connectivity index (χ0n) is 12.2. The molecule has 0 atom stereocenters. The molecular weight excluding hydrogens is 292 g/mol. The quantitative estimate of drug-likeness (QED) is 0.725. The summed E-state index contributed by atoms with van der Waals surface area (Å²) >= 11 is 1.50. The van der Waals surface area contributed by atoms with E-state index in [1.54, 1.807) is 11.4 Å². The molecule has 2 N–H and O–H groups in total. The van der Waals surface area contributed by atoms with E-state index in [2.05, 4.69) is 23.9 Å². The SMILES string of the molecule is CCCNCc1cc(S(=O)(=O)NC2(CC)CCC2)cs1. The van der Waals surface area contributed by atoms with Crippen molar-refractivity contribution in [3.05, 3.63) is 16.3 Å². The van der Waals surface area contributed by atoms with E-state index in [0.29, 0.717) is 4.90 Å². The Labute approximate surface area is 126 Å². The number of rotatable bonds is 8. The van der Waals surface area contributed by atoms with E-state index in [4.69, 9.17) is 0 Å². The second-order valence-electron chi connectivity index (χ2n) is 5.52. The van der Waals surface area contributed by atoms with Crippen molar-refractivity contribution in [2.45, 2.75) is 62.9 Å². The third-order valence-electron chi connectivity index (χ3n) is 4.00. The molecule has 0 spiro atoms. The fraction of sp³-hybridized carbons (Fsp3) is 0.714. The summed E-state index contributed by atoms with van der Waals surface area (Å²) in [6.07, 6.45) is 4.97. The molecule has 1 aliphatic rings. The average Bonchev–Trinajstić information content (AvgIpc) is 2.84. The first-order chi connectivity index (χ1) is 9.51. The predicted octanol–water partition coefficient (Wildman–Crippen LogP) is 2.86. The zero-order chi connectivity index (χ0) is 14.6. The van der Waals surface area contributed by atoms with Crippen LogP contribution in [0.1, 0.15) is 50.8 Å². The van der Waals surface area contributed by atoms with Crippen molar-refractivity contribution in [3.63, 3.8) is 0 Å². The fourth-order valence-electron chi connectivity index (χ4n) is 2.46. The largest absolute Gasteiger partial charge is 0.312 e. The highest BCUT2D eigenvalue weighted by atomic mass is 32.2. The Bertz CT molecular complexity index is 528. The number of sulfonamides is 1. The first kappa shape index (κ1) is 15.9. The van der Waals surface area contributed by atoms with Crippen LogP contribution < -0.4 is 10.0 Å². The summed E-state index contributed by atoms with van der Waals surface area (Å²) in [7, 11) is -3.37. The Kier molecular flexibility index (Phi) is 5.23. The van der Waals surface area contributed by atoms with Crippen molar-refractivity contribution in [1.82, 2.24) is 10.0 Å². The molecule has 1 aliphatic carbocycles. The van der Waals surface area contributed by atoms with E-state index in [1.807, 2.05) is 0 Å². The van der Waals surface area contributed by atoms with Crippen LogP contribution in [0.15, 0.2) is 16.3 Å². The zero-order valence-corrected chi connectivity index (χ0v) is 13.9. The molecule has 114 valence electrons. The van der Waals surface area contributed by atoms with Gasteiger partial charge in [0.2, 0.25) is 10.0 Å². The van der Waals surface area contributed by atoms with Gasteiger partial charge in [0.1, 0.15) is 0 Å². The van der Waals surface area contributed by atoms with Crippen LogP contribution in [0.25, 0.3) is 0 Å². The van der Waals surface area contributed by atoms with E-state index in [-0.39, 0.29) is 5.54 Å². The topological polar surface area (TPSA) is 58.2 Å². The second-order valence-corrected chi connectivity index (χ2v) is 8.20. The molecule has 0 aromatic carbocycles. The van der Waals surface area contributed by atoms with E-state index in [0.717, 1.165) is 50.1 Å². The van der Waals surface area contributed by atoms with Crippen LogP contribution in [-0.4, -0.2) is 20.5 Å². The molecule has 0 radical (unpaired) electrons. The molecule has 0 amide bonds. The maximum Gasteiger partial charge on any atom is 0.241 e. The van der Waals surface area contributed by atoms with Gasteiger partial charge in [-0.25, -0.2) is 13.1 Å². The van der Waals surface area contributed by atoms with Crippen molar-refractivity contribution in [1.29, 1.82) is 0 Å². The minimum Gasteiger partial charge on any atom is -0.312 e. The highest BCUT2D eigenvalue weighted by Gasteiger charge is 2.39. The van der Waals surface area contributed by atoms with Crippen LogP contribution in [0.4, 0.5) is 0 Å². The summed E-state index contributed by atoms with van der Waals surface area (Å²) in [5.74, 6) is 0. The summed E-state index contributed by atoms with van der Waals surface area (Å²) in [4.78, 5) is 1.48. The Hall–Kier alpha value is -0.430. The average molecular weight is 316 g/mol. The van der Waals surface area contributed by atoms with Gasteiger partial charge in [0.25, 0.3) is 0 Å². The lowest BCUT2D eigenvalue weighted by molar-refractivity contribution is 0.214. The standard InChI is InChI=1S/C14H24N2O2S2/c1-3-8-15-10-12-9-13(11-19-12)20(17,18)16-14(4-2)6-5-7-14/h9,11,15-16H,3-8,10H2,1-2H3. The minimum atomic E-state index is -3.37. The molecule has 2 rings (SSSR count). The van der Waals surface area contributed by atoms with Crippen molar-refractivity contribution < 1.29 is 8.42 Å². The fourth-order valence-corrected chi connectivity index (χ4v) is 5.23. The second kappa shape index (κ2) is 6.56. The van der Waals surface area contributed by atoms with Gasteiger partial charge in [0.05, 0.1) is 4.90 Å². The lowest BCUT2D eigenvalue weighted by atomic mass is 9.76. The highest BCUT2D eigenvalue weighted by molar-refractivity contribution is 7.89. The maximum absolute atomic E-state index is 12.4. The summed E-state index contributed by atoms with van der Waals surface area (Å²) in [5, 5.41) is 5.04. The minimum absolute atomic E-state index is 0.193. The van der Waals surface area contributed by atoms with Crippen molar-refractivity contribution >= 4 is 21.4 Å². The van der Waals surface area contributed by atoms with Crippen molar-refractivity contribution in [3.8, 4) is 0 Å². The first-order valence-electron chi connectivity index (χ1n) is 7.33. The van der Waals surface area contributed by atoms with Gasteiger partial charge in [0, 0.05) is 22.3 Å². The molecule has 4 nitrogen and oxygen atoms in total. The van der Waals surface area contributed by atoms with Gasteiger partial charge in [0.15, 0.2) is 0 Å². The number of hydrogen-bond donors (Lipinski definition) is 2. The highest BCUT2D eigenvalue weighted by Crippen LogP contribution is 2.36. The lowest BCUT2D eigenvalue weighted by Crippen LogP contribution is -2.52. The lowest BCUT2D eigenvalue weighted by Gasteiger charge is -2.41. The third-order valence-corrected chi connectivity index (χ3v) is 6.65. The molecule has 0 saturated heterocycles. The van der Waals surface area contributed by atoms with Gasteiger partial charge < -0.3 is 5.32 Å². The Morgan fingerprint density at radius 1 is 1.35 bits per heavy atom. The van der Waals surface area contributed by atoms with E-state index < -0.39 is 10.0 Å². The van der Waals surface area contributed by atoms with E-state index in [9.17, 15) is 8.42 Å². The predicted molar refractivity (Wildman–Crippen MR) is 83.5 cm³/mol. The Morgan fingerprint density at radius 2 is 2.10 bits per heavy atom. The van der Waals surface area contributed by atoms with Crippen LogP contribution in [0.2, 0.25) is 0 Å². The normalized spacial score (nSPS) is 17.9. The summed E-state index contributed by atoms with van der Waals surface area (Å²) in [6, 6.07) is 1.79. The van der Waals surface area contributed by atoms with Crippen molar-refractivity contribution in [2.24, 2.45) is 0 Å². The molecule has 0 aliphatic heterocycles. The molecule has 0 unspecified atom stereocenters. The smallest absolute Gasteiger partial charge is 0.241 e. The number of nitrogens with one attached hydrogen (secondary N) is 2. The van der Waals surface area contributed by atoms with Crippen LogP contribution in [0.3, 0.4) is 0 Å². The van der Waals surface area contributed by atoms with Crippen LogP contribution in [-0.2, 0) is 16.6 Å². The Morgan fingerprint density at radius 3 is 2.65 bits per heavy atom. The number of thiophene rings is 1. The first-order valence-corrected chi connectivity index (χ1v) is 9.70. The Balaban J connectivity index is 2.02. The molecule has 1 fully saturated rings. The summed E-state index contributed by atoms with van der Waals surface area (Å²) in [5.41, 5.74) is -0.193. The van der Waals surface area contributed by atoms with Gasteiger partial charge in [-0.3, -0.25) is 0 Å². The summed E-state index contributed by atoms with van der Waals surface area (Å²) in [6.45, 7) is 5.86. The van der Waals surface area contributed by atoms with Crippen LogP contribution in [0, 0.1) is 0 Å². The van der Waals surface area contributed by atoms with E-state index in [1.165, 1.54) is 11.3 Å². The monoisotopic (exact) mass is 316 g/mol. The third kappa shape index (κ3) is 3.61. The van der Waals surface area contributed by atoms with Gasteiger partial charge in [-0.2, -0.15) is 0 Å². The molecule has 1 aromatic rings. The van der Waals surface area contributed by atoms with Crippen molar-refractivity contribution in [2.75, 3.05) is 6.54 Å². The molecule has 6 heteroatoms. The van der Waals surface area contributed by atoms with Crippen LogP contribution in [0.5, 0.6) is 0 Å². The van der Waals surface area contributed by atoms with Gasteiger partial charge in [-0.15, -0.1) is 11.3 Å². The molecule has 1 saturated carbocycles. The summed E-state index contributed by atoms with van der Waals surface area (Å²) < 4.78 is 27.7. The van der Waals surface area contributed by atoms with Gasteiger partial charge >= 0.3 is 0 Å². The molecule has 1 aromatic heterocycles. The maximum atomic E-state index is 12.4. The molecular formula is C14H24N2O2S2. The van der Waals surface area contributed by atoms with Gasteiger partial charge in [-0.05, 0) is 44.7 Å².